The van der Waals surface area contributed by atoms with Gasteiger partial charge in [0.25, 0.3) is 5.91 Å². The molecule has 0 fully saturated rings. The number of aryl methyl sites for hydroxylation is 2. The minimum atomic E-state index is -0.622. The molecule has 0 aromatic heterocycles. The topological polar surface area (TPSA) is 50.4 Å². The van der Waals surface area contributed by atoms with Crippen molar-refractivity contribution < 1.29 is 18.3 Å². The third-order valence-corrected chi connectivity index (χ3v) is 6.85. The van der Waals surface area contributed by atoms with Gasteiger partial charge in [-0.05, 0) is 99.0 Å². The Morgan fingerprint density at radius 1 is 1.00 bits per heavy atom. The fraction of sp³-hybridized carbons (Fsp3) is 0.387. The number of hydrogen-bond acceptors (Lipinski definition) is 3. The number of hydrogen-bond donors (Lipinski definition) is 2. The lowest BCUT2D eigenvalue weighted by Crippen LogP contribution is -2.39. The van der Waals surface area contributed by atoms with Crippen molar-refractivity contribution in [1.29, 1.82) is 0 Å². The van der Waals surface area contributed by atoms with E-state index in [1.54, 1.807) is 6.07 Å². The molecule has 1 amide bonds. The summed E-state index contributed by atoms with van der Waals surface area (Å²) in [6.45, 7) is 7.57. The second-order valence-electron chi connectivity index (χ2n) is 10.5. The zero-order chi connectivity index (χ0) is 26.4. The summed E-state index contributed by atoms with van der Waals surface area (Å²) < 4.78 is 33.8. The minimum Gasteiger partial charge on any atom is -0.488 e. The summed E-state index contributed by atoms with van der Waals surface area (Å²) in [5.41, 5.74) is 4.33. The largest absolute Gasteiger partial charge is 0.488 e. The van der Waals surface area contributed by atoms with E-state index in [0.717, 1.165) is 36.6 Å². The summed E-state index contributed by atoms with van der Waals surface area (Å²) in [7, 11) is 0. The van der Waals surface area contributed by atoms with E-state index in [2.05, 4.69) is 41.8 Å². The molecule has 0 bridgehead atoms. The first-order chi connectivity index (χ1) is 17.7. The van der Waals surface area contributed by atoms with E-state index in [1.165, 1.54) is 23.3 Å². The maximum Gasteiger partial charge on any atom is 0.251 e. The third kappa shape index (κ3) is 7.62. The average Bonchev–Trinajstić information content (AvgIpc) is 2.85. The molecule has 0 radical (unpaired) electrons. The molecule has 0 saturated carbocycles. The highest BCUT2D eigenvalue weighted by atomic mass is 19.1. The number of rotatable bonds is 10. The van der Waals surface area contributed by atoms with E-state index >= 15 is 0 Å². The first-order valence-electron chi connectivity index (χ1n) is 13.1. The number of fused-ring (bicyclic) bond motifs is 1. The highest BCUT2D eigenvalue weighted by Gasteiger charge is 2.27. The normalized spacial score (nSPS) is 14.9. The van der Waals surface area contributed by atoms with Crippen molar-refractivity contribution in [3.05, 3.63) is 100 Å². The molecular formula is C31H36F2N2O2. The first kappa shape index (κ1) is 26.8. The number of nitrogens with one attached hydrogen (secondary N) is 2. The molecule has 6 heteroatoms. The molecule has 3 aromatic rings. The molecule has 1 aliphatic heterocycles. The van der Waals surface area contributed by atoms with Gasteiger partial charge < -0.3 is 15.4 Å². The van der Waals surface area contributed by atoms with Crippen LogP contribution in [0.2, 0.25) is 0 Å². The lowest BCUT2D eigenvalue weighted by molar-refractivity contribution is 0.0835. The molecule has 1 heterocycles. The van der Waals surface area contributed by atoms with Crippen molar-refractivity contribution in [2.24, 2.45) is 0 Å². The predicted molar refractivity (Wildman–Crippen MR) is 143 cm³/mol. The van der Waals surface area contributed by atoms with Crippen LogP contribution in [0.3, 0.4) is 0 Å². The van der Waals surface area contributed by atoms with Gasteiger partial charge in [0, 0.05) is 24.2 Å². The number of benzene rings is 3. The van der Waals surface area contributed by atoms with Gasteiger partial charge in [-0.2, -0.15) is 0 Å². The van der Waals surface area contributed by atoms with E-state index in [0.29, 0.717) is 37.1 Å². The van der Waals surface area contributed by atoms with Gasteiger partial charge in [-0.25, -0.2) is 8.78 Å². The molecule has 0 saturated heterocycles. The van der Waals surface area contributed by atoms with E-state index in [-0.39, 0.29) is 17.6 Å². The van der Waals surface area contributed by atoms with Gasteiger partial charge in [-0.1, -0.05) is 37.3 Å². The van der Waals surface area contributed by atoms with Crippen LogP contribution < -0.4 is 15.4 Å². The van der Waals surface area contributed by atoms with Gasteiger partial charge in [-0.3, -0.25) is 4.79 Å². The maximum atomic E-state index is 13.8. The van der Waals surface area contributed by atoms with Crippen LogP contribution in [0, 0.1) is 11.6 Å². The Hall–Kier alpha value is -3.25. The van der Waals surface area contributed by atoms with Gasteiger partial charge in [-0.15, -0.1) is 0 Å². The lowest BCUT2D eigenvalue weighted by Gasteiger charge is -2.32. The average molecular weight is 507 g/mol. The van der Waals surface area contributed by atoms with Crippen LogP contribution in [0.15, 0.2) is 60.7 Å². The second-order valence-corrected chi connectivity index (χ2v) is 10.5. The van der Waals surface area contributed by atoms with E-state index in [1.807, 2.05) is 26.0 Å². The van der Waals surface area contributed by atoms with Gasteiger partial charge in [0.2, 0.25) is 0 Å². The maximum absolute atomic E-state index is 13.8. The van der Waals surface area contributed by atoms with Gasteiger partial charge in [0.05, 0.1) is 0 Å². The number of halogens is 2. The Balaban J connectivity index is 1.43. The summed E-state index contributed by atoms with van der Waals surface area (Å²) in [6, 6.07) is 17.2. The molecule has 4 rings (SSSR count). The molecule has 0 spiro atoms. The smallest absolute Gasteiger partial charge is 0.251 e. The predicted octanol–water partition coefficient (Wildman–Crippen LogP) is 6.15. The Morgan fingerprint density at radius 3 is 2.51 bits per heavy atom. The minimum absolute atomic E-state index is 0.229. The van der Waals surface area contributed by atoms with Crippen LogP contribution in [0.1, 0.15) is 66.2 Å². The molecule has 3 aromatic carbocycles. The van der Waals surface area contributed by atoms with Crippen LogP contribution in [0.4, 0.5) is 8.78 Å². The van der Waals surface area contributed by atoms with Crippen LogP contribution in [-0.4, -0.2) is 24.1 Å². The van der Waals surface area contributed by atoms with Gasteiger partial charge in [0.15, 0.2) is 0 Å². The molecule has 37 heavy (non-hydrogen) atoms. The summed E-state index contributed by atoms with van der Waals surface area (Å²) >= 11 is 0. The van der Waals surface area contributed by atoms with Gasteiger partial charge >= 0.3 is 0 Å². The Morgan fingerprint density at radius 2 is 1.76 bits per heavy atom. The SMILES string of the molecule is CCc1cccc(CNCC[C@H](Cc2cc(F)cc(F)c2)NC(=O)c2ccc3c(c2)OC(C)(C)CC3)c1. The summed E-state index contributed by atoms with van der Waals surface area (Å²) in [5, 5.41) is 6.52. The van der Waals surface area contributed by atoms with Crippen molar-refractivity contribution in [3.8, 4) is 5.75 Å². The molecule has 196 valence electrons. The highest BCUT2D eigenvalue weighted by molar-refractivity contribution is 5.95. The quantitative estimate of drug-likeness (QED) is 0.324. The van der Waals surface area contributed by atoms with Crippen LogP contribution in [-0.2, 0) is 25.8 Å². The zero-order valence-corrected chi connectivity index (χ0v) is 21.9. The van der Waals surface area contributed by atoms with Crippen LogP contribution in [0.5, 0.6) is 5.75 Å². The number of ether oxygens (including phenoxy) is 1. The third-order valence-electron chi connectivity index (χ3n) is 6.85. The standard InChI is InChI=1S/C31H36F2N2O2/c1-4-21-6-5-7-22(14-21)20-34-13-11-28(17-23-15-26(32)19-27(33)16-23)35-30(36)25-9-8-24-10-12-31(2,3)37-29(24)18-25/h5-9,14-16,18-19,28,34H,4,10-13,17,20H2,1-3H3,(H,35,36)/t28-/m1/s1. The van der Waals surface area contributed by atoms with Crippen LogP contribution in [0.25, 0.3) is 0 Å². The molecule has 0 unspecified atom stereocenters. The molecule has 2 N–H and O–H groups in total. The number of carbonyl (C=O) groups excluding carboxylic acids is 1. The van der Waals surface area contributed by atoms with Crippen molar-refractivity contribution in [2.45, 2.75) is 71.1 Å². The number of carbonyl (C=O) groups is 1. The highest BCUT2D eigenvalue weighted by Crippen LogP contribution is 2.33. The number of amides is 1. The summed E-state index contributed by atoms with van der Waals surface area (Å²) in [6.07, 6.45) is 3.74. The second kappa shape index (κ2) is 11.9. The van der Waals surface area contributed by atoms with Crippen LogP contribution >= 0.6 is 0 Å². The first-order valence-corrected chi connectivity index (χ1v) is 13.1. The lowest BCUT2D eigenvalue weighted by atomic mass is 9.93. The van der Waals surface area contributed by atoms with E-state index < -0.39 is 11.6 Å². The van der Waals surface area contributed by atoms with Crippen molar-refractivity contribution >= 4 is 5.91 Å². The summed E-state index contributed by atoms with van der Waals surface area (Å²) in [4.78, 5) is 13.2. The Kier molecular flexibility index (Phi) is 8.59. The van der Waals surface area contributed by atoms with Crippen molar-refractivity contribution in [2.75, 3.05) is 6.54 Å². The Labute approximate surface area is 218 Å². The molecule has 1 atom stereocenters. The molecule has 0 aliphatic carbocycles. The van der Waals surface area contributed by atoms with Gasteiger partial charge in [0.1, 0.15) is 23.0 Å². The fourth-order valence-corrected chi connectivity index (χ4v) is 4.76. The zero-order valence-electron chi connectivity index (χ0n) is 21.9. The Bertz CT molecular complexity index is 1220. The molecule has 4 nitrogen and oxygen atoms in total. The monoisotopic (exact) mass is 506 g/mol. The summed E-state index contributed by atoms with van der Waals surface area (Å²) in [5.74, 6) is -0.733. The van der Waals surface area contributed by atoms with Crippen molar-refractivity contribution in [1.82, 2.24) is 10.6 Å². The van der Waals surface area contributed by atoms with E-state index in [4.69, 9.17) is 4.74 Å². The van der Waals surface area contributed by atoms with Crippen molar-refractivity contribution in [3.63, 3.8) is 0 Å². The van der Waals surface area contributed by atoms with E-state index in [9.17, 15) is 13.6 Å². The molecular weight excluding hydrogens is 470 g/mol. The molecule has 1 aliphatic rings. The fourth-order valence-electron chi connectivity index (χ4n) is 4.76.